The molecule has 0 saturated heterocycles. The summed E-state index contributed by atoms with van der Waals surface area (Å²) in [6.07, 6.45) is 0. The van der Waals surface area contributed by atoms with Crippen LogP contribution in [0, 0.1) is 10.5 Å². The molecule has 0 saturated carbocycles. The number of carbonyl (C=O) groups excluding carboxylic acids is 1. The van der Waals surface area contributed by atoms with E-state index in [9.17, 15) is 4.79 Å². The van der Waals surface area contributed by atoms with Gasteiger partial charge in [0.2, 0.25) is 5.91 Å². The fraction of sp³-hybridized carbons (Fsp3) is 0.333. The molecule has 0 aromatic heterocycles. The van der Waals surface area contributed by atoms with E-state index in [1.165, 1.54) is 15.3 Å². The Morgan fingerprint density at radius 3 is 3.11 bits per heavy atom. The topological polar surface area (TPSA) is 41.5 Å². The Hall–Kier alpha value is -0.210. The van der Waals surface area contributed by atoms with E-state index in [0.29, 0.717) is 5.75 Å². The number of thioether (sulfide) groups is 2. The third-order valence-electron chi connectivity index (χ3n) is 2.35. The second-order valence-corrected chi connectivity index (χ2v) is 7.34. The van der Waals surface area contributed by atoms with Gasteiger partial charge in [0.1, 0.15) is 4.38 Å². The van der Waals surface area contributed by atoms with Gasteiger partial charge < -0.3 is 5.32 Å². The monoisotopic (exact) mass is 392 g/mol. The van der Waals surface area contributed by atoms with Gasteiger partial charge in [0, 0.05) is 15.0 Å². The molecule has 18 heavy (non-hydrogen) atoms. The molecular weight excluding hydrogens is 379 g/mol. The molecular formula is C12H13IN2OS2. The van der Waals surface area contributed by atoms with Gasteiger partial charge in [0.25, 0.3) is 0 Å². The van der Waals surface area contributed by atoms with Crippen molar-refractivity contribution in [2.24, 2.45) is 4.99 Å². The van der Waals surface area contributed by atoms with Gasteiger partial charge in [-0.05, 0) is 53.3 Å². The molecule has 1 aromatic rings. The minimum Gasteiger partial charge on any atom is -0.325 e. The SMILES string of the molecule is Cc1cc(I)ccc1NC(=O)CSC1=NCCS1. The van der Waals surface area contributed by atoms with Gasteiger partial charge in [0.15, 0.2) is 0 Å². The van der Waals surface area contributed by atoms with E-state index in [4.69, 9.17) is 0 Å². The van der Waals surface area contributed by atoms with Crippen LogP contribution in [-0.4, -0.2) is 28.3 Å². The first-order valence-electron chi connectivity index (χ1n) is 5.51. The maximum Gasteiger partial charge on any atom is 0.234 e. The van der Waals surface area contributed by atoms with E-state index in [-0.39, 0.29) is 5.91 Å². The lowest BCUT2D eigenvalue weighted by Gasteiger charge is -2.08. The number of amides is 1. The van der Waals surface area contributed by atoms with Crippen molar-refractivity contribution in [3.8, 4) is 0 Å². The van der Waals surface area contributed by atoms with Crippen LogP contribution >= 0.6 is 46.1 Å². The molecule has 6 heteroatoms. The van der Waals surface area contributed by atoms with Crippen LogP contribution < -0.4 is 5.32 Å². The quantitative estimate of drug-likeness (QED) is 0.803. The normalized spacial score (nSPS) is 14.4. The van der Waals surface area contributed by atoms with Crippen LogP contribution in [0.2, 0.25) is 0 Å². The highest BCUT2D eigenvalue weighted by Gasteiger charge is 2.11. The van der Waals surface area contributed by atoms with E-state index >= 15 is 0 Å². The Morgan fingerprint density at radius 1 is 1.61 bits per heavy atom. The second-order valence-electron chi connectivity index (χ2n) is 3.79. The maximum absolute atomic E-state index is 11.8. The summed E-state index contributed by atoms with van der Waals surface area (Å²) < 4.78 is 2.21. The number of carbonyl (C=O) groups is 1. The Balaban J connectivity index is 1.86. The lowest BCUT2D eigenvalue weighted by molar-refractivity contribution is -0.113. The van der Waals surface area contributed by atoms with Crippen molar-refractivity contribution in [3.63, 3.8) is 0 Å². The molecule has 0 radical (unpaired) electrons. The molecule has 1 heterocycles. The van der Waals surface area contributed by atoms with E-state index in [1.54, 1.807) is 11.8 Å². The lowest BCUT2D eigenvalue weighted by Crippen LogP contribution is -2.15. The zero-order chi connectivity index (χ0) is 13.0. The summed E-state index contributed by atoms with van der Waals surface area (Å²) in [5.74, 6) is 1.50. The molecule has 0 spiro atoms. The van der Waals surface area contributed by atoms with Crippen LogP contribution in [0.5, 0.6) is 0 Å². The second kappa shape index (κ2) is 6.81. The smallest absolute Gasteiger partial charge is 0.234 e. The first-order chi connectivity index (χ1) is 8.65. The zero-order valence-electron chi connectivity index (χ0n) is 9.90. The van der Waals surface area contributed by atoms with Crippen LogP contribution in [0.4, 0.5) is 5.69 Å². The van der Waals surface area contributed by atoms with E-state index in [1.807, 2.05) is 19.1 Å². The Labute approximate surface area is 129 Å². The Kier molecular flexibility index (Phi) is 5.38. The van der Waals surface area contributed by atoms with Gasteiger partial charge in [-0.3, -0.25) is 9.79 Å². The predicted octanol–water partition coefficient (Wildman–Crippen LogP) is 3.37. The summed E-state index contributed by atoms with van der Waals surface area (Å²) in [4.78, 5) is 16.1. The number of hydrogen-bond donors (Lipinski definition) is 1. The summed E-state index contributed by atoms with van der Waals surface area (Å²) in [6.45, 7) is 2.88. The number of anilines is 1. The molecule has 0 unspecified atom stereocenters. The first kappa shape index (κ1) is 14.2. The van der Waals surface area contributed by atoms with Crippen molar-refractivity contribution in [2.75, 3.05) is 23.4 Å². The molecule has 1 amide bonds. The maximum atomic E-state index is 11.8. The minimum absolute atomic E-state index is 0.0273. The van der Waals surface area contributed by atoms with Gasteiger partial charge in [-0.25, -0.2) is 0 Å². The number of hydrogen-bond acceptors (Lipinski definition) is 4. The molecule has 96 valence electrons. The highest BCUT2D eigenvalue weighted by atomic mass is 127. The number of halogens is 1. The molecule has 2 rings (SSSR count). The number of rotatable bonds is 3. The fourth-order valence-electron chi connectivity index (χ4n) is 1.48. The van der Waals surface area contributed by atoms with Gasteiger partial charge in [-0.15, -0.1) is 0 Å². The molecule has 3 nitrogen and oxygen atoms in total. The molecule has 1 aliphatic heterocycles. The van der Waals surface area contributed by atoms with Crippen molar-refractivity contribution in [3.05, 3.63) is 27.3 Å². The molecule has 0 atom stereocenters. The number of aryl methyl sites for hydroxylation is 1. The zero-order valence-corrected chi connectivity index (χ0v) is 13.7. The van der Waals surface area contributed by atoms with E-state index in [2.05, 4.69) is 39.0 Å². The summed E-state index contributed by atoms with van der Waals surface area (Å²) in [7, 11) is 0. The summed E-state index contributed by atoms with van der Waals surface area (Å²) >= 11 is 5.51. The standard InChI is InChI=1S/C12H13IN2OS2/c1-8-6-9(13)2-3-10(8)15-11(16)7-18-12-14-4-5-17-12/h2-3,6H,4-5,7H2,1H3,(H,15,16). The van der Waals surface area contributed by atoms with Crippen LogP contribution in [0.25, 0.3) is 0 Å². The molecule has 0 aliphatic carbocycles. The van der Waals surface area contributed by atoms with Crippen molar-refractivity contribution < 1.29 is 4.79 Å². The molecule has 0 bridgehead atoms. The van der Waals surface area contributed by atoms with Gasteiger partial charge in [0.05, 0.1) is 12.3 Å². The summed E-state index contributed by atoms with van der Waals surface area (Å²) in [5.41, 5.74) is 1.98. The first-order valence-corrected chi connectivity index (χ1v) is 8.56. The van der Waals surface area contributed by atoms with Gasteiger partial charge in [-0.2, -0.15) is 0 Å². The van der Waals surface area contributed by atoms with Crippen molar-refractivity contribution in [2.45, 2.75) is 6.92 Å². The van der Waals surface area contributed by atoms with Crippen LogP contribution in [0.3, 0.4) is 0 Å². The van der Waals surface area contributed by atoms with Crippen molar-refractivity contribution in [1.82, 2.24) is 0 Å². The predicted molar refractivity (Wildman–Crippen MR) is 89.7 cm³/mol. The van der Waals surface area contributed by atoms with Gasteiger partial charge >= 0.3 is 0 Å². The van der Waals surface area contributed by atoms with Crippen LogP contribution in [0.15, 0.2) is 23.2 Å². The molecule has 0 fully saturated rings. The van der Waals surface area contributed by atoms with E-state index < -0.39 is 0 Å². The van der Waals surface area contributed by atoms with Gasteiger partial charge in [-0.1, -0.05) is 23.5 Å². The largest absolute Gasteiger partial charge is 0.325 e. The Morgan fingerprint density at radius 2 is 2.44 bits per heavy atom. The molecule has 1 N–H and O–H groups in total. The lowest BCUT2D eigenvalue weighted by atomic mass is 10.2. The highest BCUT2D eigenvalue weighted by Crippen LogP contribution is 2.22. The summed E-state index contributed by atoms with van der Waals surface area (Å²) in [6, 6.07) is 5.99. The number of nitrogens with zero attached hydrogens (tertiary/aromatic N) is 1. The number of nitrogens with one attached hydrogen (secondary N) is 1. The number of aliphatic imine (C=N–C) groups is 1. The molecule has 1 aromatic carbocycles. The highest BCUT2D eigenvalue weighted by molar-refractivity contribution is 14.1. The number of benzene rings is 1. The average Bonchev–Trinajstić information content (AvgIpc) is 2.83. The minimum atomic E-state index is 0.0273. The van der Waals surface area contributed by atoms with Crippen LogP contribution in [-0.2, 0) is 4.79 Å². The average molecular weight is 392 g/mol. The third-order valence-corrected chi connectivity index (χ3v) is 5.27. The molecule has 1 aliphatic rings. The fourth-order valence-corrected chi connectivity index (χ4v) is 3.94. The van der Waals surface area contributed by atoms with Crippen LogP contribution in [0.1, 0.15) is 5.56 Å². The summed E-state index contributed by atoms with van der Waals surface area (Å²) in [5, 5.41) is 2.93. The Bertz CT molecular complexity index is 491. The third kappa shape index (κ3) is 4.17. The van der Waals surface area contributed by atoms with E-state index in [0.717, 1.165) is 27.9 Å². The van der Waals surface area contributed by atoms with Crippen molar-refractivity contribution in [1.29, 1.82) is 0 Å². The van der Waals surface area contributed by atoms with Crippen molar-refractivity contribution >= 4 is 62.1 Å².